The molecule has 0 radical (unpaired) electrons. The van der Waals surface area contributed by atoms with Crippen LogP contribution in [-0.2, 0) is 26.5 Å². The number of hydrogen-bond acceptors (Lipinski definition) is 2. The summed E-state index contributed by atoms with van der Waals surface area (Å²) in [5, 5.41) is 8.44. The van der Waals surface area contributed by atoms with Crippen molar-refractivity contribution in [2.45, 2.75) is 18.9 Å². The summed E-state index contributed by atoms with van der Waals surface area (Å²) in [5.74, 6) is 0. The van der Waals surface area contributed by atoms with Gasteiger partial charge in [0.05, 0.1) is 12.7 Å². The summed E-state index contributed by atoms with van der Waals surface area (Å²) < 4.78 is 5.05. The van der Waals surface area contributed by atoms with Crippen LogP contribution < -0.4 is 0 Å². The summed E-state index contributed by atoms with van der Waals surface area (Å²) in [6.45, 7) is 1.03. The van der Waals surface area contributed by atoms with Crippen molar-refractivity contribution >= 4 is 0 Å². The monoisotopic (exact) mass is 180 g/mol. The minimum atomic E-state index is 0. The Hall–Kier alpha value is 0.634. The maximum absolute atomic E-state index is 8.44. The van der Waals surface area contributed by atoms with Gasteiger partial charge in [0.2, 0.25) is 0 Å². The van der Waals surface area contributed by atoms with Crippen LogP contribution in [0.1, 0.15) is 12.8 Å². The van der Waals surface area contributed by atoms with Crippen molar-refractivity contribution in [3.05, 3.63) is 14.9 Å². The predicted octanol–water partition coefficient (Wildman–Crippen LogP) is 1.06. The minimum Gasteiger partial charge on any atom is -0.394 e. The van der Waals surface area contributed by atoms with E-state index in [1.54, 1.807) is 0 Å². The molecule has 1 aliphatic rings. The van der Waals surface area contributed by atoms with Gasteiger partial charge in [-0.05, 0) is 12.8 Å². The topological polar surface area (TPSA) is 29.5 Å². The molecule has 1 atom stereocenters. The molecule has 1 rings (SSSR count). The fourth-order valence-corrected chi connectivity index (χ4v) is 0.788. The molecule has 1 fully saturated rings. The Balaban J connectivity index is -0.000000163. The molecule has 60 valence electrons. The van der Waals surface area contributed by atoms with Crippen molar-refractivity contribution in [2.24, 2.45) is 0 Å². The molecule has 1 saturated heterocycles. The molecule has 1 aliphatic heterocycles. The second-order valence-corrected chi connectivity index (χ2v) is 1.82. The van der Waals surface area contributed by atoms with Crippen LogP contribution in [0, 0.1) is 14.9 Å². The summed E-state index contributed by atoms with van der Waals surface area (Å²) >= 11 is 0. The van der Waals surface area contributed by atoms with E-state index >= 15 is 0 Å². The van der Waals surface area contributed by atoms with Gasteiger partial charge in [0, 0.05) is 6.61 Å². The van der Waals surface area contributed by atoms with Gasteiger partial charge in [-0.3, -0.25) is 0 Å². The van der Waals surface area contributed by atoms with Crippen molar-refractivity contribution in [3.8, 4) is 0 Å². The number of rotatable bonds is 1. The molecular weight excluding hydrogens is 164 g/mol. The van der Waals surface area contributed by atoms with Crippen LogP contribution in [0.25, 0.3) is 0 Å². The van der Waals surface area contributed by atoms with E-state index in [9.17, 15) is 0 Å². The summed E-state index contributed by atoms with van der Waals surface area (Å²) in [6.07, 6.45) is 2.31. The SMILES string of the molecule is OCC1CCCO1.[CH3-].[CH3-].[Ti+2]. The maximum atomic E-state index is 8.44. The fraction of sp³-hybridized carbons (Fsp3) is 0.714. The predicted molar refractivity (Wildman–Crippen MR) is 38.9 cm³/mol. The Morgan fingerprint density at radius 2 is 2.00 bits per heavy atom. The van der Waals surface area contributed by atoms with Crippen molar-refractivity contribution < 1.29 is 31.6 Å². The van der Waals surface area contributed by atoms with E-state index in [4.69, 9.17) is 9.84 Å². The summed E-state index contributed by atoms with van der Waals surface area (Å²) in [7, 11) is 0. The molecule has 0 aromatic rings. The average molecular weight is 180 g/mol. The van der Waals surface area contributed by atoms with Crippen LogP contribution >= 0.6 is 0 Å². The Morgan fingerprint density at radius 3 is 2.20 bits per heavy atom. The summed E-state index contributed by atoms with van der Waals surface area (Å²) in [4.78, 5) is 0. The summed E-state index contributed by atoms with van der Waals surface area (Å²) in [6, 6.07) is 0. The zero-order valence-electron chi connectivity index (χ0n) is 6.76. The number of ether oxygens (including phenoxy) is 1. The normalized spacial score (nSPS) is 21.9. The van der Waals surface area contributed by atoms with Crippen LogP contribution in [0.15, 0.2) is 0 Å². The van der Waals surface area contributed by atoms with Gasteiger partial charge in [0.1, 0.15) is 0 Å². The molecule has 1 heterocycles. The molecule has 2 nitrogen and oxygen atoms in total. The molecule has 0 bridgehead atoms. The first kappa shape index (κ1) is 16.9. The van der Waals surface area contributed by atoms with Gasteiger partial charge in [-0.1, -0.05) is 0 Å². The number of aliphatic hydroxyl groups excluding tert-OH is 1. The van der Waals surface area contributed by atoms with Crippen molar-refractivity contribution in [2.75, 3.05) is 13.2 Å². The van der Waals surface area contributed by atoms with Gasteiger partial charge < -0.3 is 24.7 Å². The second-order valence-electron chi connectivity index (χ2n) is 1.82. The molecule has 10 heavy (non-hydrogen) atoms. The molecular formula is C7H16O2Ti. The molecule has 1 N–H and O–H groups in total. The molecule has 1 unspecified atom stereocenters. The van der Waals surface area contributed by atoms with Gasteiger partial charge in [-0.15, -0.1) is 0 Å². The Morgan fingerprint density at radius 1 is 1.40 bits per heavy atom. The first-order valence-corrected chi connectivity index (χ1v) is 2.66. The van der Waals surface area contributed by atoms with E-state index in [2.05, 4.69) is 0 Å². The van der Waals surface area contributed by atoms with Gasteiger partial charge in [0.25, 0.3) is 0 Å². The van der Waals surface area contributed by atoms with E-state index < -0.39 is 0 Å². The Labute approximate surface area is 78.8 Å². The fourth-order valence-electron chi connectivity index (χ4n) is 0.788. The third kappa shape index (κ3) is 5.42. The third-order valence-electron chi connectivity index (χ3n) is 1.23. The average Bonchev–Trinajstić information content (AvgIpc) is 2.14. The van der Waals surface area contributed by atoms with Crippen LogP contribution in [-0.4, -0.2) is 24.4 Å². The molecule has 3 heteroatoms. The first-order valence-electron chi connectivity index (χ1n) is 2.66. The third-order valence-corrected chi connectivity index (χ3v) is 1.23. The standard InChI is InChI=1S/C5H10O2.2CH3.Ti/c6-4-5-2-1-3-7-5;;;/h5-6H,1-4H2;2*1H3;/q;2*-1;+2. The second kappa shape index (κ2) is 9.63. The maximum Gasteiger partial charge on any atom is 2.00 e. The van der Waals surface area contributed by atoms with Crippen molar-refractivity contribution in [1.29, 1.82) is 0 Å². The van der Waals surface area contributed by atoms with Gasteiger partial charge >= 0.3 is 21.7 Å². The molecule has 0 amide bonds. The quantitative estimate of drug-likeness (QED) is 0.482. The van der Waals surface area contributed by atoms with E-state index in [1.807, 2.05) is 0 Å². The van der Waals surface area contributed by atoms with Gasteiger partial charge in [0.15, 0.2) is 0 Å². The van der Waals surface area contributed by atoms with E-state index in [-0.39, 0.29) is 49.3 Å². The van der Waals surface area contributed by atoms with E-state index in [0.717, 1.165) is 19.4 Å². The van der Waals surface area contributed by atoms with Gasteiger partial charge in [-0.25, -0.2) is 0 Å². The zero-order valence-corrected chi connectivity index (χ0v) is 8.32. The molecule has 0 aromatic carbocycles. The largest absolute Gasteiger partial charge is 2.00 e. The van der Waals surface area contributed by atoms with Crippen LogP contribution in [0.5, 0.6) is 0 Å². The van der Waals surface area contributed by atoms with Crippen LogP contribution in [0.2, 0.25) is 0 Å². The number of hydrogen-bond donors (Lipinski definition) is 1. The Bertz CT molecular complexity index is 53.6. The van der Waals surface area contributed by atoms with E-state index in [0.29, 0.717) is 0 Å². The molecule has 0 saturated carbocycles. The number of aliphatic hydroxyl groups is 1. The van der Waals surface area contributed by atoms with E-state index in [1.165, 1.54) is 0 Å². The van der Waals surface area contributed by atoms with Crippen molar-refractivity contribution in [1.82, 2.24) is 0 Å². The molecule has 0 aliphatic carbocycles. The van der Waals surface area contributed by atoms with Crippen LogP contribution in [0.3, 0.4) is 0 Å². The molecule has 0 spiro atoms. The molecule has 0 aromatic heterocycles. The van der Waals surface area contributed by atoms with Gasteiger partial charge in [-0.2, -0.15) is 0 Å². The zero-order chi connectivity index (χ0) is 5.11. The van der Waals surface area contributed by atoms with Crippen LogP contribution in [0.4, 0.5) is 0 Å². The smallest absolute Gasteiger partial charge is 0.394 e. The minimum absolute atomic E-state index is 0. The Kier molecular flexibility index (Phi) is 16.3. The van der Waals surface area contributed by atoms with Crippen molar-refractivity contribution in [3.63, 3.8) is 0 Å². The first-order chi connectivity index (χ1) is 3.43. The summed E-state index contributed by atoms with van der Waals surface area (Å²) in [5.41, 5.74) is 0.